The van der Waals surface area contributed by atoms with Crippen molar-refractivity contribution in [2.45, 2.75) is 44.2 Å². The minimum atomic E-state index is -0.0235. The van der Waals surface area contributed by atoms with Crippen LogP contribution in [0.3, 0.4) is 0 Å². The first-order valence-corrected chi connectivity index (χ1v) is 11.0. The van der Waals surface area contributed by atoms with Crippen LogP contribution in [0.25, 0.3) is 11.1 Å². The van der Waals surface area contributed by atoms with Gasteiger partial charge in [0.25, 0.3) is 0 Å². The van der Waals surface area contributed by atoms with Crippen LogP contribution in [0.5, 0.6) is 0 Å². The highest BCUT2D eigenvalue weighted by atomic mass is 16.3. The molecule has 0 bridgehead atoms. The minimum absolute atomic E-state index is 0.0184. The number of hydrogen-bond acceptors (Lipinski definition) is 4. The largest absolute Gasteiger partial charge is 0.394 e. The number of nitrogens with zero attached hydrogens (tertiary/aromatic N) is 2. The molecule has 1 saturated carbocycles. The maximum absolute atomic E-state index is 13.3. The van der Waals surface area contributed by atoms with E-state index in [0.29, 0.717) is 11.5 Å². The molecular formula is C25H27N3O2. The Balaban J connectivity index is 1.53. The van der Waals surface area contributed by atoms with Gasteiger partial charge in [-0.25, -0.2) is 0 Å². The second-order valence-corrected chi connectivity index (χ2v) is 8.83. The van der Waals surface area contributed by atoms with Crippen LogP contribution in [0.15, 0.2) is 42.5 Å². The van der Waals surface area contributed by atoms with Crippen LogP contribution in [0.4, 0.5) is 5.69 Å². The van der Waals surface area contributed by atoms with Crippen molar-refractivity contribution in [2.24, 2.45) is 11.8 Å². The second-order valence-electron chi connectivity index (χ2n) is 8.83. The summed E-state index contributed by atoms with van der Waals surface area (Å²) < 4.78 is 0. The van der Waals surface area contributed by atoms with Crippen molar-refractivity contribution in [3.63, 3.8) is 0 Å². The fourth-order valence-corrected chi connectivity index (χ4v) is 5.63. The summed E-state index contributed by atoms with van der Waals surface area (Å²) in [4.78, 5) is 15.4. The average molecular weight is 402 g/mol. The monoisotopic (exact) mass is 401 g/mol. The topological polar surface area (TPSA) is 76.4 Å². The molecule has 0 spiro atoms. The molecule has 0 unspecified atom stereocenters. The first-order valence-electron chi connectivity index (χ1n) is 11.0. The SMILES string of the molecule is N#Cc1ccc(-c2ccc3c(c2)[C@H]2[C@H](CCN2C(=O)C2CCCC2)[C@H](CO)N3)cc1. The van der Waals surface area contributed by atoms with Gasteiger partial charge in [-0.1, -0.05) is 31.0 Å². The summed E-state index contributed by atoms with van der Waals surface area (Å²) in [5.74, 6) is 0.689. The first-order chi connectivity index (χ1) is 14.7. The summed E-state index contributed by atoms with van der Waals surface area (Å²) in [6.45, 7) is 0.840. The van der Waals surface area contributed by atoms with Crippen LogP contribution in [0.1, 0.15) is 49.3 Å². The molecule has 2 N–H and O–H groups in total. The normalized spacial score (nSPS) is 25.3. The lowest BCUT2D eigenvalue weighted by Crippen LogP contribution is -2.44. The van der Waals surface area contributed by atoms with Gasteiger partial charge in [-0.15, -0.1) is 0 Å². The van der Waals surface area contributed by atoms with E-state index < -0.39 is 0 Å². The molecule has 2 aliphatic heterocycles. The summed E-state index contributed by atoms with van der Waals surface area (Å²) in [5.41, 5.74) is 4.95. The van der Waals surface area contributed by atoms with Crippen molar-refractivity contribution in [3.05, 3.63) is 53.6 Å². The molecule has 3 atom stereocenters. The number of amides is 1. The zero-order chi connectivity index (χ0) is 20.7. The van der Waals surface area contributed by atoms with Crippen molar-refractivity contribution in [1.29, 1.82) is 5.26 Å². The predicted octanol–water partition coefficient (Wildman–Crippen LogP) is 4.09. The van der Waals surface area contributed by atoms with E-state index in [1.807, 2.05) is 24.3 Å². The van der Waals surface area contributed by atoms with E-state index in [1.165, 1.54) is 0 Å². The molecule has 3 aliphatic rings. The number of fused-ring (bicyclic) bond motifs is 3. The number of likely N-dealkylation sites (tertiary alicyclic amines) is 1. The molecule has 154 valence electrons. The molecule has 1 amide bonds. The average Bonchev–Trinajstić information content (AvgIpc) is 3.48. The number of aliphatic hydroxyl groups excluding tert-OH is 1. The zero-order valence-corrected chi connectivity index (χ0v) is 17.1. The van der Waals surface area contributed by atoms with Crippen LogP contribution in [-0.2, 0) is 4.79 Å². The molecule has 30 heavy (non-hydrogen) atoms. The Labute approximate surface area is 177 Å². The van der Waals surface area contributed by atoms with Gasteiger partial charge in [0.2, 0.25) is 5.91 Å². The van der Waals surface area contributed by atoms with E-state index >= 15 is 0 Å². The van der Waals surface area contributed by atoms with Crippen molar-refractivity contribution < 1.29 is 9.90 Å². The number of nitriles is 1. The van der Waals surface area contributed by atoms with Gasteiger partial charge >= 0.3 is 0 Å². The Hall–Kier alpha value is -2.84. The molecule has 2 heterocycles. The van der Waals surface area contributed by atoms with Crippen LogP contribution in [0, 0.1) is 23.2 Å². The predicted molar refractivity (Wildman–Crippen MR) is 116 cm³/mol. The Morgan fingerprint density at radius 3 is 2.53 bits per heavy atom. The highest BCUT2D eigenvalue weighted by Crippen LogP contribution is 2.48. The third-order valence-electron chi connectivity index (χ3n) is 7.20. The van der Waals surface area contributed by atoms with E-state index in [0.717, 1.165) is 61.0 Å². The highest BCUT2D eigenvalue weighted by Gasteiger charge is 2.47. The number of rotatable bonds is 3. The smallest absolute Gasteiger partial charge is 0.226 e. The van der Waals surface area contributed by atoms with Crippen LogP contribution < -0.4 is 5.32 Å². The van der Waals surface area contributed by atoms with Gasteiger partial charge in [0.05, 0.1) is 30.3 Å². The Morgan fingerprint density at radius 2 is 1.83 bits per heavy atom. The lowest BCUT2D eigenvalue weighted by Gasteiger charge is -2.40. The quantitative estimate of drug-likeness (QED) is 0.812. The molecule has 5 heteroatoms. The Morgan fingerprint density at radius 1 is 1.10 bits per heavy atom. The Bertz CT molecular complexity index is 988. The fraction of sp³-hybridized carbons (Fsp3) is 0.440. The number of anilines is 1. The fourth-order valence-electron chi connectivity index (χ4n) is 5.63. The molecule has 2 aromatic rings. The van der Waals surface area contributed by atoms with E-state index in [1.54, 1.807) is 0 Å². The Kier molecular flexibility index (Phi) is 4.96. The third-order valence-corrected chi connectivity index (χ3v) is 7.20. The van der Waals surface area contributed by atoms with Crippen LogP contribution in [-0.4, -0.2) is 35.1 Å². The van der Waals surface area contributed by atoms with Crippen molar-refractivity contribution in [1.82, 2.24) is 4.90 Å². The maximum Gasteiger partial charge on any atom is 0.226 e. The molecule has 5 rings (SSSR count). The van der Waals surface area contributed by atoms with Crippen LogP contribution >= 0.6 is 0 Å². The number of carbonyl (C=O) groups excluding carboxylic acids is 1. The molecule has 2 fully saturated rings. The summed E-state index contributed by atoms with van der Waals surface area (Å²) in [7, 11) is 0. The van der Waals surface area contributed by atoms with Crippen molar-refractivity contribution in [3.8, 4) is 17.2 Å². The summed E-state index contributed by atoms with van der Waals surface area (Å²) in [6, 6.07) is 16.1. The molecule has 0 radical (unpaired) electrons. The van der Waals surface area contributed by atoms with E-state index in [4.69, 9.17) is 5.26 Å². The van der Waals surface area contributed by atoms with Gasteiger partial charge in [0, 0.05) is 24.1 Å². The number of nitrogens with one attached hydrogen (secondary N) is 1. The maximum atomic E-state index is 13.3. The van der Waals surface area contributed by atoms with Crippen molar-refractivity contribution >= 4 is 11.6 Å². The van der Waals surface area contributed by atoms with Gasteiger partial charge in [0.1, 0.15) is 0 Å². The van der Waals surface area contributed by atoms with Gasteiger partial charge in [-0.3, -0.25) is 4.79 Å². The van der Waals surface area contributed by atoms with E-state index in [-0.39, 0.29) is 30.5 Å². The van der Waals surface area contributed by atoms with Gasteiger partial charge in [-0.2, -0.15) is 5.26 Å². The summed E-state index contributed by atoms with van der Waals surface area (Å²) in [5, 5.41) is 22.6. The number of hydrogen-bond donors (Lipinski definition) is 2. The molecule has 1 aliphatic carbocycles. The summed E-state index contributed by atoms with van der Waals surface area (Å²) in [6.07, 6.45) is 5.23. The number of aliphatic hydroxyl groups is 1. The van der Waals surface area contributed by atoms with Gasteiger partial charge in [0.15, 0.2) is 0 Å². The van der Waals surface area contributed by atoms with E-state index in [9.17, 15) is 9.90 Å². The van der Waals surface area contributed by atoms with Crippen molar-refractivity contribution in [2.75, 3.05) is 18.5 Å². The molecular weight excluding hydrogens is 374 g/mol. The highest BCUT2D eigenvalue weighted by molar-refractivity contribution is 5.81. The molecule has 5 nitrogen and oxygen atoms in total. The third kappa shape index (κ3) is 3.16. The number of benzene rings is 2. The molecule has 0 aromatic heterocycles. The first kappa shape index (κ1) is 19.1. The van der Waals surface area contributed by atoms with Gasteiger partial charge < -0.3 is 15.3 Å². The number of carbonyl (C=O) groups is 1. The molecule has 2 aromatic carbocycles. The van der Waals surface area contributed by atoms with Gasteiger partial charge in [-0.05, 0) is 60.2 Å². The molecule has 1 saturated heterocycles. The second kappa shape index (κ2) is 7.77. The minimum Gasteiger partial charge on any atom is -0.394 e. The lowest BCUT2D eigenvalue weighted by atomic mass is 9.82. The lowest BCUT2D eigenvalue weighted by molar-refractivity contribution is -0.136. The zero-order valence-electron chi connectivity index (χ0n) is 17.1. The van der Waals surface area contributed by atoms with E-state index in [2.05, 4.69) is 34.5 Å². The van der Waals surface area contributed by atoms with Crippen LogP contribution in [0.2, 0.25) is 0 Å². The standard InChI is InChI=1S/C25H27N3O2/c26-14-16-5-7-17(8-6-16)19-9-10-22-21(13-19)24-20(23(15-29)27-22)11-12-28(24)25(30)18-3-1-2-4-18/h5-10,13,18,20,23-24,27,29H,1-4,11-12,15H2/t20-,23+,24-/m1/s1. The summed E-state index contributed by atoms with van der Waals surface area (Å²) >= 11 is 0.